The molecule has 124 valence electrons. The van der Waals surface area contributed by atoms with Crippen molar-refractivity contribution in [3.05, 3.63) is 65.7 Å². The standard InChI is InChI=1S/C19H20N2O3/c1-13(14-7-4-3-5-8-14)20-19(22)18-12-17(21-24-18)15-9-6-10-16(11-15)23-2/h3-11,13,18H,12H2,1-2H3,(H,20,22). The lowest BCUT2D eigenvalue weighted by atomic mass is 10.0. The van der Waals surface area contributed by atoms with E-state index in [0.29, 0.717) is 6.42 Å². The fraction of sp³-hybridized carbons (Fsp3) is 0.263. The number of rotatable bonds is 5. The number of nitrogens with one attached hydrogen (secondary N) is 1. The zero-order valence-electron chi connectivity index (χ0n) is 13.7. The van der Waals surface area contributed by atoms with E-state index in [1.165, 1.54) is 0 Å². The van der Waals surface area contributed by atoms with Crippen LogP contribution in [0.3, 0.4) is 0 Å². The Hall–Kier alpha value is -2.82. The average Bonchev–Trinajstić information content (AvgIpc) is 3.13. The van der Waals surface area contributed by atoms with E-state index >= 15 is 0 Å². The second kappa shape index (κ2) is 7.17. The van der Waals surface area contributed by atoms with Crippen molar-refractivity contribution < 1.29 is 14.4 Å². The number of carbonyl (C=O) groups is 1. The number of hydrogen-bond donors (Lipinski definition) is 1. The molecule has 1 aliphatic rings. The number of carbonyl (C=O) groups excluding carboxylic acids is 1. The quantitative estimate of drug-likeness (QED) is 0.919. The van der Waals surface area contributed by atoms with E-state index in [1.54, 1.807) is 7.11 Å². The predicted molar refractivity (Wildman–Crippen MR) is 92.0 cm³/mol. The van der Waals surface area contributed by atoms with Crippen LogP contribution in [0.1, 0.15) is 30.5 Å². The third kappa shape index (κ3) is 3.56. The van der Waals surface area contributed by atoms with Crippen LogP contribution in [0.5, 0.6) is 5.75 Å². The van der Waals surface area contributed by atoms with Gasteiger partial charge in [-0.2, -0.15) is 0 Å². The SMILES string of the molecule is COc1cccc(C2=NOC(C(=O)NC(C)c3ccccc3)C2)c1. The lowest BCUT2D eigenvalue weighted by molar-refractivity contribution is -0.131. The molecule has 2 aromatic rings. The van der Waals surface area contributed by atoms with Gasteiger partial charge in [-0.05, 0) is 24.6 Å². The minimum absolute atomic E-state index is 0.0804. The van der Waals surface area contributed by atoms with Crippen molar-refractivity contribution in [2.24, 2.45) is 5.16 Å². The Morgan fingerprint density at radius 2 is 2.04 bits per heavy atom. The van der Waals surface area contributed by atoms with Crippen LogP contribution in [0.4, 0.5) is 0 Å². The van der Waals surface area contributed by atoms with Gasteiger partial charge in [-0.1, -0.05) is 47.6 Å². The first-order valence-corrected chi connectivity index (χ1v) is 7.90. The molecule has 1 N–H and O–H groups in total. The van der Waals surface area contributed by atoms with Crippen LogP contribution in [0.15, 0.2) is 59.8 Å². The molecule has 0 spiro atoms. The van der Waals surface area contributed by atoms with Crippen LogP contribution >= 0.6 is 0 Å². The van der Waals surface area contributed by atoms with Crippen LogP contribution < -0.4 is 10.1 Å². The third-order valence-corrected chi connectivity index (χ3v) is 4.02. The van der Waals surface area contributed by atoms with Crippen LogP contribution in [0.2, 0.25) is 0 Å². The van der Waals surface area contributed by atoms with E-state index in [0.717, 1.165) is 22.6 Å². The molecule has 24 heavy (non-hydrogen) atoms. The van der Waals surface area contributed by atoms with E-state index in [9.17, 15) is 4.79 Å². The maximum absolute atomic E-state index is 12.4. The highest BCUT2D eigenvalue weighted by atomic mass is 16.6. The fourth-order valence-electron chi connectivity index (χ4n) is 2.62. The summed E-state index contributed by atoms with van der Waals surface area (Å²) in [7, 11) is 1.62. The molecule has 0 fully saturated rings. The van der Waals surface area contributed by atoms with Gasteiger partial charge in [-0.3, -0.25) is 4.79 Å². The number of hydrogen-bond acceptors (Lipinski definition) is 4. The number of oxime groups is 1. The summed E-state index contributed by atoms with van der Waals surface area (Å²) in [6, 6.07) is 17.3. The lowest BCUT2D eigenvalue weighted by Gasteiger charge is -2.16. The van der Waals surface area contributed by atoms with Crippen LogP contribution in [-0.2, 0) is 9.63 Å². The molecule has 0 saturated carbocycles. The molecule has 5 heteroatoms. The van der Waals surface area contributed by atoms with Gasteiger partial charge >= 0.3 is 0 Å². The molecule has 0 aromatic heterocycles. The van der Waals surface area contributed by atoms with Gasteiger partial charge in [0, 0.05) is 12.0 Å². The molecule has 0 saturated heterocycles. The van der Waals surface area contributed by atoms with E-state index in [2.05, 4.69) is 10.5 Å². The topological polar surface area (TPSA) is 59.9 Å². The van der Waals surface area contributed by atoms with Gasteiger partial charge in [0.25, 0.3) is 5.91 Å². The van der Waals surface area contributed by atoms with Crippen molar-refractivity contribution in [2.45, 2.75) is 25.5 Å². The average molecular weight is 324 g/mol. The molecule has 1 amide bonds. The summed E-state index contributed by atoms with van der Waals surface area (Å²) >= 11 is 0. The first kappa shape index (κ1) is 16.1. The van der Waals surface area contributed by atoms with Crippen molar-refractivity contribution in [2.75, 3.05) is 7.11 Å². The normalized spacial score (nSPS) is 17.6. The minimum Gasteiger partial charge on any atom is -0.497 e. The van der Waals surface area contributed by atoms with Crippen LogP contribution in [0, 0.1) is 0 Å². The molecule has 1 heterocycles. The highest BCUT2D eigenvalue weighted by molar-refractivity contribution is 6.04. The highest BCUT2D eigenvalue weighted by Crippen LogP contribution is 2.21. The molecule has 0 bridgehead atoms. The zero-order valence-corrected chi connectivity index (χ0v) is 13.7. The number of ether oxygens (including phenoxy) is 1. The molecule has 2 aromatic carbocycles. The third-order valence-electron chi connectivity index (χ3n) is 4.02. The van der Waals surface area contributed by atoms with Crippen LogP contribution in [0.25, 0.3) is 0 Å². The number of methoxy groups -OCH3 is 1. The fourth-order valence-corrected chi connectivity index (χ4v) is 2.62. The van der Waals surface area contributed by atoms with Gasteiger partial charge < -0.3 is 14.9 Å². The smallest absolute Gasteiger partial charge is 0.264 e. The monoisotopic (exact) mass is 324 g/mol. The first-order chi connectivity index (χ1) is 11.7. The maximum atomic E-state index is 12.4. The van der Waals surface area contributed by atoms with Gasteiger partial charge in [0.05, 0.1) is 18.9 Å². The Kier molecular flexibility index (Phi) is 4.79. The van der Waals surface area contributed by atoms with E-state index in [4.69, 9.17) is 9.57 Å². The molecule has 1 aliphatic heterocycles. The molecule has 0 radical (unpaired) electrons. The summed E-state index contributed by atoms with van der Waals surface area (Å²) in [5, 5.41) is 7.03. The number of benzene rings is 2. The maximum Gasteiger partial charge on any atom is 0.264 e. The Morgan fingerprint density at radius 3 is 2.79 bits per heavy atom. The van der Waals surface area contributed by atoms with Crippen molar-refractivity contribution in [1.29, 1.82) is 0 Å². The second-order valence-corrected chi connectivity index (χ2v) is 5.71. The Morgan fingerprint density at radius 1 is 1.25 bits per heavy atom. The van der Waals surface area contributed by atoms with Gasteiger partial charge in [-0.25, -0.2) is 0 Å². The number of nitrogens with zero attached hydrogens (tertiary/aromatic N) is 1. The van der Waals surface area contributed by atoms with Gasteiger partial charge in [0.15, 0.2) is 0 Å². The highest BCUT2D eigenvalue weighted by Gasteiger charge is 2.29. The summed E-state index contributed by atoms with van der Waals surface area (Å²) in [5.74, 6) is 0.591. The van der Waals surface area contributed by atoms with Crippen molar-refractivity contribution >= 4 is 11.6 Å². The lowest BCUT2D eigenvalue weighted by Crippen LogP contribution is -2.36. The number of amides is 1. The predicted octanol–water partition coefficient (Wildman–Crippen LogP) is 3.07. The summed E-state index contributed by atoms with van der Waals surface area (Å²) in [6.07, 6.45) is -0.155. The summed E-state index contributed by atoms with van der Waals surface area (Å²) in [5.41, 5.74) is 2.71. The zero-order chi connectivity index (χ0) is 16.9. The van der Waals surface area contributed by atoms with Gasteiger partial charge in [0.2, 0.25) is 6.10 Å². The molecular formula is C19H20N2O3. The Balaban J connectivity index is 1.61. The van der Waals surface area contributed by atoms with Crippen molar-refractivity contribution in [3.8, 4) is 5.75 Å². The van der Waals surface area contributed by atoms with Crippen molar-refractivity contribution in [3.63, 3.8) is 0 Å². The van der Waals surface area contributed by atoms with E-state index in [-0.39, 0.29) is 11.9 Å². The van der Waals surface area contributed by atoms with E-state index < -0.39 is 6.10 Å². The first-order valence-electron chi connectivity index (χ1n) is 7.90. The van der Waals surface area contributed by atoms with Crippen molar-refractivity contribution in [1.82, 2.24) is 5.32 Å². The minimum atomic E-state index is -0.600. The molecule has 3 rings (SSSR count). The molecule has 5 nitrogen and oxygen atoms in total. The Labute approximate surface area is 141 Å². The van der Waals surface area contributed by atoms with Gasteiger partial charge in [-0.15, -0.1) is 0 Å². The van der Waals surface area contributed by atoms with Crippen LogP contribution in [-0.4, -0.2) is 24.8 Å². The Bertz CT molecular complexity index is 743. The molecular weight excluding hydrogens is 304 g/mol. The molecule has 2 atom stereocenters. The molecule has 0 aliphatic carbocycles. The summed E-state index contributed by atoms with van der Waals surface area (Å²) < 4.78 is 5.22. The van der Waals surface area contributed by atoms with Gasteiger partial charge in [0.1, 0.15) is 5.75 Å². The van der Waals surface area contributed by atoms with E-state index in [1.807, 2.05) is 61.5 Å². The second-order valence-electron chi connectivity index (χ2n) is 5.71. The summed E-state index contributed by atoms with van der Waals surface area (Å²) in [4.78, 5) is 17.7. The molecule has 2 unspecified atom stereocenters. The summed E-state index contributed by atoms with van der Waals surface area (Å²) in [6.45, 7) is 1.95. The largest absolute Gasteiger partial charge is 0.497 e.